The van der Waals surface area contributed by atoms with Crippen molar-refractivity contribution in [1.29, 1.82) is 0 Å². The summed E-state index contributed by atoms with van der Waals surface area (Å²) in [6, 6.07) is 7.89. The molecule has 2 aliphatic rings. The van der Waals surface area contributed by atoms with Crippen molar-refractivity contribution in [3.63, 3.8) is 0 Å². The van der Waals surface area contributed by atoms with Gasteiger partial charge in [0.15, 0.2) is 0 Å². The number of hydrogen-bond donors (Lipinski definition) is 1. The van der Waals surface area contributed by atoms with Crippen LogP contribution in [0.3, 0.4) is 0 Å². The highest BCUT2D eigenvalue weighted by atomic mass is 16.5. The van der Waals surface area contributed by atoms with Gasteiger partial charge in [0.1, 0.15) is 11.9 Å². The lowest BCUT2D eigenvalue weighted by Crippen LogP contribution is -2.59. The van der Waals surface area contributed by atoms with Crippen LogP contribution in [0.4, 0.5) is 0 Å². The average molecular weight is 387 g/mol. The first kappa shape index (κ1) is 20.4. The number of nitrogens with zero attached hydrogens (tertiary/aromatic N) is 1. The molecule has 0 aromatic heterocycles. The third-order valence-corrected chi connectivity index (χ3v) is 5.92. The molecule has 2 heterocycles. The summed E-state index contributed by atoms with van der Waals surface area (Å²) in [6.45, 7) is 2.05. The van der Waals surface area contributed by atoms with Gasteiger partial charge >= 0.3 is 11.9 Å². The fourth-order valence-electron chi connectivity index (χ4n) is 4.57. The number of benzene rings is 1. The molecule has 0 spiro atoms. The molecule has 2 saturated heterocycles. The number of fused-ring (bicyclic) bond motifs is 1. The summed E-state index contributed by atoms with van der Waals surface area (Å²) in [5, 5.41) is 9.24. The number of carbonyl (C=O) groups is 2. The first-order valence-electron chi connectivity index (χ1n) is 10.00. The first-order valence-corrected chi connectivity index (χ1v) is 10.00. The molecule has 1 aromatic carbocycles. The summed E-state index contributed by atoms with van der Waals surface area (Å²) in [7, 11) is 1.61. The molecule has 0 unspecified atom stereocenters. The minimum Gasteiger partial charge on any atom is -0.497 e. The minimum absolute atomic E-state index is 0.0294. The Hall–Kier alpha value is -2.34. The Morgan fingerprint density at radius 2 is 1.93 bits per heavy atom. The first-order chi connectivity index (χ1) is 13.5. The molecule has 0 radical (unpaired) electrons. The van der Waals surface area contributed by atoms with Gasteiger partial charge in [-0.15, -0.1) is 0 Å². The van der Waals surface area contributed by atoms with Crippen LogP contribution in [0.15, 0.2) is 30.3 Å². The maximum atomic E-state index is 12.3. The van der Waals surface area contributed by atoms with Crippen molar-refractivity contribution < 1.29 is 24.2 Å². The molecule has 4 atom stereocenters. The van der Waals surface area contributed by atoms with Crippen molar-refractivity contribution in [2.45, 2.75) is 69.7 Å². The summed E-state index contributed by atoms with van der Waals surface area (Å²) in [6.07, 6.45) is 7.95. The molecule has 1 aromatic rings. The van der Waals surface area contributed by atoms with Gasteiger partial charge in [0.25, 0.3) is 0 Å². The molecule has 2 aliphatic heterocycles. The fraction of sp³-hybridized carbons (Fsp3) is 0.545. The number of ether oxygens (including phenoxy) is 2. The number of hydrogen-bond acceptors (Lipinski definition) is 5. The second-order valence-electron chi connectivity index (χ2n) is 7.68. The molecule has 2 fully saturated rings. The van der Waals surface area contributed by atoms with E-state index < -0.39 is 5.97 Å². The van der Waals surface area contributed by atoms with E-state index in [2.05, 4.69) is 11.8 Å². The number of carbonyl (C=O) groups excluding carboxylic acids is 1. The van der Waals surface area contributed by atoms with Gasteiger partial charge in [0.2, 0.25) is 0 Å². The van der Waals surface area contributed by atoms with Crippen LogP contribution in [-0.2, 0) is 14.3 Å². The van der Waals surface area contributed by atoms with E-state index in [4.69, 9.17) is 9.47 Å². The van der Waals surface area contributed by atoms with Gasteiger partial charge in [-0.2, -0.15) is 0 Å². The molecular formula is C22H29NO5. The van der Waals surface area contributed by atoms with E-state index in [1.54, 1.807) is 13.2 Å². The lowest BCUT2D eigenvalue weighted by Gasteiger charge is -2.50. The highest BCUT2D eigenvalue weighted by Gasteiger charge is 2.42. The van der Waals surface area contributed by atoms with Crippen molar-refractivity contribution in [2.24, 2.45) is 0 Å². The number of methoxy groups -OCH3 is 1. The number of esters is 1. The Morgan fingerprint density at radius 1 is 1.18 bits per heavy atom. The summed E-state index contributed by atoms with van der Waals surface area (Å²) in [5.74, 6) is -0.361. The van der Waals surface area contributed by atoms with Crippen LogP contribution in [0.25, 0.3) is 6.08 Å². The molecule has 28 heavy (non-hydrogen) atoms. The summed E-state index contributed by atoms with van der Waals surface area (Å²) >= 11 is 0. The third-order valence-electron chi connectivity index (χ3n) is 5.92. The fourth-order valence-corrected chi connectivity index (χ4v) is 4.57. The van der Waals surface area contributed by atoms with E-state index >= 15 is 0 Å². The molecule has 152 valence electrons. The van der Waals surface area contributed by atoms with Gasteiger partial charge in [0, 0.05) is 24.2 Å². The van der Waals surface area contributed by atoms with Crippen LogP contribution in [0.5, 0.6) is 5.75 Å². The Kier molecular flexibility index (Phi) is 6.73. The van der Waals surface area contributed by atoms with Crippen molar-refractivity contribution in [2.75, 3.05) is 7.11 Å². The van der Waals surface area contributed by atoms with Crippen LogP contribution in [0.1, 0.15) is 51.0 Å². The molecular weight excluding hydrogens is 358 g/mol. The standard InChI is InChI=1S/C22H29NO5/c1-15-20(12-9-17-4-3-5-18(23(15)17)14-21(24)25)28-22(26)13-8-16-6-10-19(27-2)11-7-16/h6-8,10-11,13,15,17-18,20H,3-5,9,12,14H2,1-2H3,(H,24,25)/b13-8+/t15-,17-,18+,20+/m0/s1. The van der Waals surface area contributed by atoms with Crippen molar-refractivity contribution in [3.8, 4) is 5.75 Å². The zero-order chi connectivity index (χ0) is 20.1. The maximum absolute atomic E-state index is 12.3. The van der Waals surface area contributed by atoms with E-state index in [1.165, 1.54) is 6.08 Å². The van der Waals surface area contributed by atoms with Crippen LogP contribution in [0, 0.1) is 0 Å². The zero-order valence-electron chi connectivity index (χ0n) is 16.5. The molecule has 6 heteroatoms. The lowest BCUT2D eigenvalue weighted by molar-refractivity contribution is -0.155. The van der Waals surface area contributed by atoms with E-state index in [0.29, 0.717) is 6.04 Å². The monoisotopic (exact) mass is 387 g/mol. The van der Waals surface area contributed by atoms with Crippen molar-refractivity contribution >= 4 is 18.0 Å². The Morgan fingerprint density at radius 3 is 2.61 bits per heavy atom. The van der Waals surface area contributed by atoms with Gasteiger partial charge in [-0.25, -0.2) is 4.79 Å². The molecule has 0 amide bonds. The highest BCUT2D eigenvalue weighted by Crippen LogP contribution is 2.36. The second kappa shape index (κ2) is 9.24. The highest BCUT2D eigenvalue weighted by molar-refractivity contribution is 5.87. The number of rotatable bonds is 6. The van der Waals surface area contributed by atoms with Crippen LogP contribution < -0.4 is 4.74 Å². The Bertz CT molecular complexity index is 714. The molecule has 6 nitrogen and oxygen atoms in total. The molecule has 0 saturated carbocycles. The topological polar surface area (TPSA) is 76.1 Å². The number of aliphatic carboxylic acids is 1. The van der Waals surface area contributed by atoms with Crippen LogP contribution in [-0.4, -0.2) is 53.3 Å². The summed E-state index contributed by atoms with van der Waals surface area (Å²) in [5.41, 5.74) is 0.895. The second-order valence-corrected chi connectivity index (χ2v) is 7.68. The summed E-state index contributed by atoms with van der Waals surface area (Å²) in [4.78, 5) is 25.9. The lowest BCUT2D eigenvalue weighted by atomic mass is 9.83. The van der Waals surface area contributed by atoms with E-state index in [0.717, 1.165) is 43.4 Å². The van der Waals surface area contributed by atoms with Gasteiger partial charge in [-0.1, -0.05) is 18.6 Å². The minimum atomic E-state index is -0.764. The van der Waals surface area contributed by atoms with Crippen molar-refractivity contribution in [3.05, 3.63) is 35.9 Å². The normalized spacial score (nSPS) is 27.9. The van der Waals surface area contributed by atoms with Crippen LogP contribution >= 0.6 is 0 Å². The Balaban J connectivity index is 1.60. The van der Waals surface area contributed by atoms with Gasteiger partial charge < -0.3 is 14.6 Å². The average Bonchev–Trinajstić information content (AvgIpc) is 2.68. The third kappa shape index (κ3) is 4.93. The predicted molar refractivity (Wildman–Crippen MR) is 106 cm³/mol. The van der Waals surface area contributed by atoms with E-state index in [1.807, 2.05) is 24.3 Å². The van der Waals surface area contributed by atoms with Gasteiger partial charge in [-0.05, 0) is 56.4 Å². The number of carboxylic acids is 1. The van der Waals surface area contributed by atoms with E-state index in [9.17, 15) is 14.7 Å². The van der Waals surface area contributed by atoms with Gasteiger partial charge in [-0.3, -0.25) is 9.69 Å². The smallest absolute Gasteiger partial charge is 0.331 e. The quantitative estimate of drug-likeness (QED) is 0.595. The number of piperidine rings is 2. The molecule has 1 N–H and O–H groups in total. The van der Waals surface area contributed by atoms with E-state index in [-0.39, 0.29) is 30.6 Å². The summed E-state index contributed by atoms with van der Waals surface area (Å²) < 4.78 is 10.9. The zero-order valence-corrected chi connectivity index (χ0v) is 16.5. The SMILES string of the molecule is COc1ccc(/C=C/C(=O)O[C@@H]2CC[C@@H]3CCC[C@H](CC(=O)O)N3[C@H]2C)cc1. The van der Waals surface area contributed by atoms with Crippen LogP contribution in [0.2, 0.25) is 0 Å². The van der Waals surface area contributed by atoms with Gasteiger partial charge in [0.05, 0.1) is 13.5 Å². The molecule has 0 aliphatic carbocycles. The molecule has 3 rings (SSSR count). The number of carboxylic acid groups (broad SMARTS) is 1. The molecule has 0 bridgehead atoms. The predicted octanol–water partition coefficient (Wildman–Crippen LogP) is 3.50. The Labute approximate surface area is 166 Å². The van der Waals surface area contributed by atoms with Crippen molar-refractivity contribution in [1.82, 2.24) is 4.90 Å². The largest absolute Gasteiger partial charge is 0.497 e. The maximum Gasteiger partial charge on any atom is 0.331 e.